The number of nitrogens with two attached hydrogens (primary N) is 1. The highest BCUT2D eigenvalue weighted by molar-refractivity contribution is 6.32. The number of aromatic nitrogens is 2. The Morgan fingerprint density at radius 1 is 1.47 bits per heavy atom. The highest BCUT2D eigenvalue weighted by Gasteiger charge is 2.29. The molecule has 0 spiro atoms. The van der Waals surface area contributed by atoms with Crippen LogP contribution in [0.1, 0.15) is 30.3 Å². The second-order valence-corrected chi connectivity index (χ2v) is 4.33. The predicted molar refractivity (Wildman–Crippen MR) is 60.1 cm³/mol. The number of imidazole rings is 1. The quantitative estimate of drug-likeness (QED) is 0.846. The molecule has 1 aliphatic carbocycles. The first-order valence-corrected chi connectivity index (χ1v) is 5.55. The topological polar surface area (TPSA) is 43.3 Å². The first kappa shape index (κ1) is 9.19. The molecular formula is C11H12ClN3. The smallest absolute Gasteiger partial charge is 0.155 e. The molecule has 1 saturated carbocycles. The molecule has 3 nitrogen and oxygen atoms in total. The summed E-state index contributed by atoms with van der Waals surface area (Å²) in [5, 5.41) is 0.590. The third-order valence-electron chi connectivity index (χ3n) is 2.88. The largest absolute Gasteiger partial charge is 0.325 e. The molecule has 0 unspecified atom stereocenters. The van der Waals surface area contributed by atoms with Crippen molar-refractivity contribution < 1.29 is 0 Å². The van der Waals surface area contributed by atoms with Crippen LogP contribution in [0.3, 0.4) is 0 Å². The van der Waals surface area contributed by atoms with Crippen molar-refractivity contribution in [3.05, 3.63) is 34.9 Å². The molecule has 3 rings (SSSR count). The van der Waals surface area contributed by atoms with Gasteiger partial charge < -0.3 is 5.73 Å². The van der Waals surface area contributed by atoms with Crippen LogP contribution in [-0.2, 0) is 6.54 Å². The zero-order valence-electron chi connectivity index (χ0n) is 8.28. The number of hydrogen-bond acceptors (Lipinski definition) is 2. The van der Waals surface area contributed by atoms with Gasteiger partial charge >= 0.3 is 0 Å². The van der Waals surface area contributed by atoms with Crippen molar-refractivity contribution in [3.63, 3.8) is 0 Å². The van der Waals surface area contributed by atoms with Gasteiger partial charge in [-0.15, -0.1) is 0 Å². The molecule has 78 valence electrons. The SMILES string of the molecule is NCc1cccc2c(Cl)nc(C3CC3)n12. The molecule has 0 aromatic carbocycles. The van der Waals surface area contributed by atoms with Gasteiger partial charge in [-0.05, 0) is 25.0 Å². The lowest BCUT2D eigenvalue weighted by Crippen LogP contribution is -2.05. The lowest BCUT2D eigenvalue weighted by molar-refractivity contribution is 0.855. The minimum atomic E-state index is 0.518. The van der Waals surface area contributed by atoms with E-state index in [1.807, 2.05) is 18.2 Å². The van der Waals surface area contributed by atoms with Gasteiger partial charge in [0.25, 0.3) is 0 Å². The molecule has 0 atom stereocenters. The van der Waals surface area contributed by atoms with E-state index in [-0.39, 0.29) is 0 Å². The summed E-state index contributed by atoms with van der Waals surface area (Å²) in [5.74, 6) is 1.66. The molecule has 15 heavy (non-hydrogen) atoms. The van der Waals surface area contributed by atoms with Crippen LogP contribution < -0.4 is 5.73 Å². The van der Waals surface area contributed by atoms with Gasteiger partial charge in [-0.2, -0.15) is 0 Å². The molecule has 0 aliphatic heterocycles. The van der Waals surface area contributed by atoms with E-state index in [2.05, 4.69) is 9.38 Å². The molecule has 2 N–H and O–H groups in total. The first-order chi connectivity index (χ1) is 7.31. The van der Waals surface area contributed by atoms with E-state index in [0.29, 0.717) is 17.6 Å². The summed E-state index contributed by atoms with van der Waals surface area (Å²) >= 11 is 6.11. The predicted octanol–water partition coefficient (Wildman–Crippen LogP) is 2.32. The lowest BCUT2D eigenvalue weighted by atomic mass is 10.3. The lowest BCUT2D eigenvalue weighted by Gasteiger charge is -2.05. The minimum Gasteiger partial charge on any atom is -0.325 e. The average molecular weight is 222 g/mol. The van der Waals surface area contributed by atoms with Crippen molar-refractivity contribution in [3.8, 4) is 0 Å². The van der Waals surface area contributed by atoms with E-state index in [1.165, 1.54) is 12.8 Å². The Morgan fingerprint density at radius 2 is 2.27 bits per heavy atom. The van der Waals surface area contributed by atoms with Crippen LogP contribution in [0.2, 0.25) is 5.15 Å². The Labute approximate surface area is 92.9 Å². The maximum absolute atomic E-state index is 6.11. The van der Waals surface area contributed by atoms with Crippen LogP contribution in [0.15, 0.2) is 18.2 Å². The van der Waals surface area contributed by atoms with E-state index < -0.39 is 0 Å². The number of pyridine rings is 1. The first-order valence-electron chi connectivity index (χ1n) is 5.17. The Bertz CT molecular complexity index is 514. The average Bonchev–Trinajstić information content (AvgIpc) is 3.04. The zero-order valence-corrected chi connectivity index (χ0v) is 9.04. The van der Waals surface area contributed by atoms with Gasteiger partial charge in [0, 0.05) is 18.2 Å². The molecule has 0 radical (unpaired) electrons. The van der Waals surface area contributed by atoms with Crippen molar-refractivity contribution in [2.24, 2.45) is 5.73 Å². The molecule has 1 aliphatic rings. The number of rotatable bonds is 2. The zero-order chi connectivity index (χ0) is 10.4. The Hall–Kier alpha value is -1.06. The van der Waals surface area contributed by atoms with E-state index in [4.69, 9.17) is 17.3 Å². The summed E-state index contributed by atoms with van der Waals surface area (Å²) in [6.45, 7) is 0.518. The van der Waals surface area contributed by atoms with Gasteiger partial charge in [-0.3, -0.25) is 4.40 Å². The fraction of sp³-hybridized carbons (Fsp3) is 0.364. The fourth-order valence-electron chi connectivity index (χ4n) is 1.97. The van der Waals surface area contributed by atoms with Gasteiger partial charge in [0.15, 0.2) is 5.15 Å². The van der Waals surface area contributed by atoms with Crippen LogP contribution in [0.4, 0.5) is 0 Å². The third-order valence-corrected chi connectivity index (χ3v) is 3.15. The fourth-order valence-corrected chi connectivity index (χ4v) is 2.20. The molecule has 2 aromatic heterocycles. The van der Waals surface area contributed by atoms with Crippen molar-refractivity contribution in [2.75, 3.05) is 0 Å². The normalized spacial score (nSPS) is 16.1. The monoisotopic (exact) mass is 221 g/mol. The van der Waals surface area contributed by atoms with Crippen LogP contribution in [0, 0.1) is 0 Å². The van der Waals surface area contributed by atoms with Gasteiger partial charge in [0.1, 0.15) is 5.82 Å². The summed E-state index contributed by atoms with van der Waals surface area (Å²) in [6, 6.07) is 5.99. The Morgan fingerprint density at radius 3 is 2.93 bits per heavy atom. The van der Waals surface area contributed by atoms with Crippen molar-refractivity contribution in [1.82, 2.24) is 9.38 Å². The molecular weight excluding hydrogens is 210 g/mol. The molecule has 1 fully saturated rings. The highest BCUT2D eigenvalue weighted by atomic mass is 35.5. The van der Waals surface area contributed by atoms with E-state index in [0.717, 1.165) is 17.0 Å². The van der Waals surface area contributed by atoms with Crippen LogP contribution in [0.25, 0.3) is 5.52 Å². The van der Waals surface area contributed by atoms with Crippen LogP contribution in [0.5, 0.6) is 0 Å². The van der Waals surface area contributed by atoms with Crippen molar-refractivity contribution in [1.29, 1.82) is 0 Å². The highest BCUT2D eigenvalue weighted by Crippen LogP contribution is 2.41. The molecule has 0 amide bonds. The molecule has 0 saturated heterocycles. The molecule has 2 heterocycles. The van der Waals surface area contributed by atoms with E-state index >= 15 is 0 Å². The minimum absolute atomic E-state index is 0.518. The van der Waals surface area contributed by atoms with Gasteiger partial charge in [-0.1, -0.05) is 17.7 Å². The second-order valence-electron chi connectivity index (χ2n) is 3.98. The summed E-state index contributed by atoms with van der Waals surface area (Å²) in [4.78, 5) is 4.43. The summed E-state index contributed by atoms with van der Waals surface area (Å²) < 4.78 is 2.11. The Balaban J connectivity index is 2.34. The summed E-state index contributed by atoms with van der Waals surface area (Å²) in [7, 11) is 0. The van der Waals surface area contributed by atoms with Crippen molar-refractivity contribution in [2.45, 2.75) is 25.3 Å². The molecule has 0 bridgehead atoms. The maximum atomic E-state index is 6.11. The van der Waals surface area contributed by atoms with E-state index in [1.54, 1.807) is 0 Å². The van der Waals surface area contributed by atoms with Crippen LogP contribution >= 0.6 is 11.6 Å². The molecule has 4 heteroatoms. The van der Waals surface area contributed by atoms with E-state index in [9.17, 15) is 0 Å². The Kier molecular flexibility index (Phi) is 1.97. The number of hydrogen-bond donors (Lipinski definition) is 1. The maximum Gasteiger partial charge on any atom is 0.155 e. The number of halogens is 1. The number of nitrogens with zero attached hydrogens (tertiary/aromatic N) is 2. The van der Waals surface area contributed by atoms with Gasteiger partial charge in [-0.25, -0.2) is 4.98 Å². The third kappa shape index (κ3) is 1.34. The van der Waals surface area contributed by atoms with Crippen LogP contribution in [-0.4, -0.2) is 9.38 Å². The second kappa shape index (κ2) is 3.22. The summed E-state index contributed by atoms with van der Waals surface area (Å²) in [5.41, 5.74) is 7.77. The van der Waals surface area contributed by atoms with Crippen molar-refractivity contribution >= 4 is 17.1 Å². The standard InChI is InChI=1S/C11H12ClN3/c12-10-9-3-1-2-8(6-13)15(9)11(14-10)7-4-5-7/h1-3,7H,4-6,13H2. The molecule has 2 aromatic rings. The van der Waals surface area contributed by atoms with Gasteiger partial charge in [0.2, 0.25) is 0 Å². The van der Waals surface area contributed by atoms with Gasteiger partial charge in [0.05, 0.1) is 5.52 Å². The number of fused-ring (bicyclic) bond motifs is 1. The summed E-state index contributed by atoms with van der Waals surface area (Å²) in [6.07, 6.45) is 2.43.